The van der Waals surface area contributed by atoms with E-state index in [9.17, 15) is 0 Å². The van der Waals surface area contributed by atoms with Crippen molar-refractivity contribution in [3.63, 3.8) is 0 Å². The molecule has 0 N–H and O–H groups in total. The summed E-state index contributed by atoms with van der Waals surface area (Å²) < 4.78 is 4.83. The van der Waals surface area contributed by atoms with Gasteiger partial charge in [0, 0.05) is 55.2 Å². The lowest BCUT2D eigenvalue weighted by Gasteiger charge is -2.14. The summed E-state index contributed by atoms with van der Waals surface area (Å²) in [6.07, 6.45) is 0. The van der Waals surface area contributed by atoms with Crippen molar-refractivity contribution in [2.24, 2.45) is 0 Å². The van der Waals surface area contributed by atoms with Crippen LogP contribution in [0.4, 0.5) is 0 Å². The predicted octanol–water partition coefficient (Wildman–Crippen LogP) is 15.0. The number of benzene rings is 9. The molecule has 3 aromatic heterocycles. The Kier molecular flexibility index (Phi) is 8.46. The molecule has 4 nitrogen and oxygen atoms in total. The minimum Gasteiger partial charge on any atom is -0.309 e. The summed E-state index contributed by atoms with van der Waals surface area (Å²) in [5.74, 6) is 0.714. The zero-order chi connectivity index (χ0) is 41.0. The van der Waals surface area contributed by atoms with Crippen LogP contribution in [0.15, 0.2) is 231 Å². The molecule has 0 aliphatic carbocycles. The number of para-hydroxylation sites is 4. The van der Waals surface area contributed by atoms with E-state index in [1.807, 2.05) is 36.4 Å². The minimum absolute atomic E-state index is 0.714. The standard InChI is InChI=1S/C58H38N4/c1-4-16-40(17-5-1)52-38-53(60-58(59-52)42-18-6-2-7-19-42)41-32-30-39(31-33-41)43-34-35-56-51(37-43)49-25-11-12-28-54(49)61(56)46-23-14-20-44(36-46)47-26-15-27-50-48-24-10-13-29-55(48)62(57(47)50)45-21-8-3-9-22-45/h1-38H. The van der Waals surface area contributed by atoms with Crippen molar-refractivity contribution >= 4 is 43.6 Å². The molecule has 4 heteroatoms. The first kappa shape index (κ1) is 35.6. The van der Waals surface area contributed by atoms with Crippen LogP contribution in [0.25, 0.3) is 111 Å². The van der Waals surface area contributed by atoms with Crippen LogP contribution in [-0.4, -0.2) is 19.1 Å². The van der Waals surface area contributed by atoms with Crippen LogP contribution in [0.2, 0.25) is 0 Å². The van der Waals surface area contributed by atoms with E-state index in [2.05, 4.69) is 203 Å². The molecule has 0 atom stereocenters. The zero-order valence-electron chi connectivity index (χ0n) is 33.7. The van der Waals surface area contributed by atoms with Crippen LogP contribution < -0.4 is 0 Å². The fraction of sp³-hybridized carbons (Fsp3) is 0. The third-order valence-electron chi connectivity index (χ3n) is 12.1. The third-order valence-corrected chi connectivity index (χ3v) is 12.1. The van der Waals surface area contributed by atoms with Gasteiger partial charge in [-0.15, -0.1) is 0 Å². The molecule has 9 aromatic carbocycles. The van der Waals surface area contributed by atoms with Gasteiger partial charge in [0.25, 0.3) is 0 Å². The smallest absolute Gasteiger partial charge is 0.160 e. The Morgan fingerprint density at radius 2 is 0.774 bits per heavy atom. The molecular weight excluding hydrogens is 753 g/mol. The topological polar surface area (TPSA) is 35.6 Å². The second-order valence-corrected chi connectivity index (χ2v) is 15.8. The molecule has 0 bridgehead atoms. The zero-order valence-corrected chi connectivity index (χ0v) is 33.7. The summed E-state index contributed by atoms with van der Waals surface area (Å²) in [6, 6.07) is 82.2. The summed E-state index contributed by atoms with van der Waals surface area (Å²) in [5.41, 5.74) is 16.6. The van der Waals surface area contributed by atoms with Crippen LogP contribution in [0, 0.1) is 0 Å². The summed E-state index contributed by atoms with van der Waals surface area (Å²) in [7, 11) is 0. The Morgan fingerprint density at radius 1 is 0.274 bits per heavy atom. The Labute approximate surface area is 359 Å². The Bertz CT molecular complexity index is 3550. The predicted molar refractivity (Wildman–Crippen MR) is 258 cm³/mol. The fourth-order valence-corrected chi connectivity index (χ4v) is 9.24. The van der Waals surface area contributed by atoms with Gasteiger partial charge in [-0.2, -0.15) is 0 Å². The molecule has 0 aliphatic heterocycles. The molecule has 0 fully saturated rings. The fourth-order valence-electron chi connectivity index (χ4n) is 9.24. The highest BCUT2D eigenvalue weighted by molar-refractivity contribution is 6.14. The van der Waals surface area contributed by atoms with Gasteiger partial charge in [-0.1, -0.05) is 176 Å². The molecule has 12 rings (SSSR count). The molecule has 290 valence electrons. The Balaban J connectivity index is 0.947. The maximum Gasteiger partial charge on any atom is 0.160 e. The Morgan fingerprint density at radius 3 is 1.50 bits per heavy atom. The maximum atomic E-state index is 5.06. The SMILES string of the molecule is c1ccc(-c2cc(-c3ccc(-c4ccc5c(c4)c4ccccc4n5-c4cccc(-c5cccc6c7ccccc7n(-c7ccccc7)c56)c4)cc3)nc(-c3ccccc3)n2)cc1. The molecule has 0 saturated carbocycles. The molecule has 62 heavy (non-hydrogen) atoms. The average molecular weight is 791 g/mol. The van der Waals surface area contributed by atoms with Crippen molar-refractivity contribution in [2.75, 3.05) is 0 Å². The highest BCUT2D eigenvalue weighted by atomic mass is 15.0. The number of hydrogen-bond acceptors (Lipinski definition) is 2. The van der Waals surface area contributed by atoms with Gasteiger partial charge in [-0.3, -0.25) is 0 Å². The maximum absolute atomic E-state index is 5.06. The highest BCUT2D eigenvalue weighted by Gasteiger charge is 2.19. The molecule has 0 spiro atoms. The molecule has 12 aromatic rings. The highest BCUT2D eigenvalue weighted by Crippen LogP contribution is 2.40. The Hall–Kier alpha value is -8.34. The number of fused-ring (bicyclic) bond motifs is 6. The lowest BCUT2D eigenvalue weighted by Crippen LogP contribution is -1.97. The summed E-state index contributed by atoms with van der Waals surface area (Å²) in [4.78, 5) is 10.0. The summed E-state index contributed by atoms with van der Waals surface area (Å²) >= 11 is 0. The van der Waals surface area contributed by atoms with Crippen molar-refractivity contribution < 1.29 is 0 Å². The number of rotatable bonds is 7. The first-order valence-corrected chi connectivity index (χ1v) is 21.1. The van der Waals surface area contributed by atoms with Gasteiger partial charge in [0.2, 0.25) is 0 Å². The van der Waals surface area contributed by atoms with Crippen LogP contribution in [0.5, 0.6) is 0 Å². The van der Waals surface area contributed by atoms with Crippen LogP contribution >= 0.6 is 0 Å². The first-order valence-electron chi connectivity index (χ1n) is 21.1. The molecule has 0 aliphatic rings. The number of hydrogen-bond donors (Lipinski definition) is 0. The lowest BCUT2D eigenvalue weighted by molar-refractivity contribution is 1.17. The van der Waals surface area contributed by atoms with Gasteiger partial charge in [0.05, 0.1) is 33.5 Å². The van der Waals surface area contributed by atoms with Gasteiger partial charge in [0.15, 0.2) is 5.82 Å². The summed E-state index contributed by atoms with van der Waals surface area (Å²) in [6.45, 7) is 0. The lowest BCUT2D eigenvalue weighted by atomic mass is 10.00. The largest absolute Gasteiger partial charge is 0.309 e. The third kappa shape index (κ3) is 6.00. The minimum atomic E-state index is 0.714. The molecule has 0 radical (unpaired) electrons. The molecule has 0 amide bonds. The normalized spacial score (nSPS) is 11.5. The van der Waals surface area contributed by atoms with Crippen molar-refractivity contribution in [3.8, 4) is 67.5 Å². The van der Waals surface area contributed by atoms with E-state index < -0.39 is 0 Å². The second kappa shape index (κ2) is 14.7. The first-order chi connectivity index (χ1) is 30.7. The van der Waals surface area contributed by atoms with Gasteiger partial charge >= 0.3 is 0 Å². The van der Waals surface area contributed by atoms with Gasteiger partial charge in [-0.25, -0.2) is 9.97 Å². The van der Waals surface area contributed by atoms with Crippen LogP contribution in [0.1, 0.15) is 0 Å². The van der Waals surface area contributed by atoms with Crippen LogP contribution in [0.3, 0.4) is 0 Å². The number of nitrogens with zero attached hydrogens (tertiary/aromatic N) is 4. The van der Waals surface area contributed by atoms with E-state index in [1.54, 1.807) is 0 Å². The molecular formula is C58H38N4. The van der Waals surface area contributed by atoms with Crippen molar-refractivity contribution in [3.05, 3.63) is 231 Å². The van der Waals surface area contributed by atoms with Crippen molar-refractivity contribution in [2.45, 2.75) is 0 Å². The molecule has 3 heterocycles. The summed E-state index contributed by atoms with van der Waals surface area (Å²) in [5, 5.41) is 4.94. The second-order valence-electron chi connectivity index (χ2n) is 15.8. The van der Waals surface area contributed by atoms with Crippen molar-refractivity contribution in [1.29, 1.82) is 0 Å². The van der Waals surface area contributed by atoms with E-state index in [0.717, 1.165) is 45.0 Å². The molecule has 0 saturated heterocycles. The van der Waals surface area contributed by atoms with E-state index >= 15 is 0 Å². The van der Waals surface area contributed by atoms with E-state index in [4.69, 9.17) is 9.97 Å². The number of aromatic nitrogens is 4. The monoisotopic (exact) mass is 790 g/mol. The average Bonchev–Trinajstić information content (AvgIpc) is 3.88. The van der Waals surface area contributed by atoms with Gasteiger partial charge in [0.1, 0.15) is 0 Å². The van der Waals surface area contributed by atoms with Crippen molar-refractivity contribution in [1.82, 2.24) is 19.1 Å². The van der Waals surface area contributed by atoms with Gasteiger partial charge < -0.3 is 9.13 Å². The van der Waals surface area contributed by atoms with E-state index in [1.165, 1.54) is 60.3 Å². The van der Waals surface area contributed by atoms with E-state index in [-0.39, 0.29) is 0 Å². The quantitative estimate of drug-likeness (QED) is 0.161. The molecule has 0 unspecified atom stereocenters. The van der Waals surface area contributed by atoms with Crippen LogP contribution in [-0.2, 0) is 0 Å². The van der Waals surface area contributed by atoms with Gasteiger partial charge in [-0.05, 0) is 71.3 Å². The van der Waals surface area contributed by atoms with E-state index in [0.29, 0.717) is 5.82 Å².